The molecule has 1 aliphatic rings. The maximum Gasteiger partial charge on any atom is 0.137 e. The van der Waals surface area contributed by atoms with Gasteiger partial charge in [-0.1, -0.05) is 6.07 Å². The van der Waals surface area contributed by atoms with Gasteiger partial charge in [-0.25, -0.2) is 4.39 Å². The molecule has 1 atom stereocenters. The third-order valence-corrected chi connectivity index (χ3v) is 2.45. The van der Waals surface area contributed by atoms with Crippen molar-refractivity contribution >= 4 is 0 Å². The fourth-order valence-electron chi connectivity index (χ4n) is 1.65. The van der Waals surface area contributed by atoms with Crippen LogP contribution in [0.15, 0.2) is 12.1 Å². The number of benzene rings is 1. The van der Waals surface area contributed by atoms with Gasteiger partial charge in [-0.05, 0) is 6.07 Å². The quantitative estimate of drug-likeness (QED) is 0.708. The number of halogens is 1. The van der Waals surface area contributed by atoms with Crippen LogP contribution in [-0.2, 0) is 6.61 Å². The minimum atomic E-state index is -0.433. The monoisotopic (exact) mass is 197 g/mol. The van der Waals surface area contributed by atoms with Gasteiger partial charge in [0.15, 0.2) is 0 Å². The Hall–Kier alpha value is -1.13. The molecule has 0 bridgehead atoms. The van der Waals surface area contributed by atoms with Crippen LogP contribution in [0.2, 0.25) is 0 Å². The number of hydrogen-bond acceptors (Lipinski definition) is 3. The van der Waals surface area contributed by atoms with E-state index in [1.165, 1.54) is 6.07 Å². The Morgan fingerprint density at radius 2 is 2.36 bits per heavy atom. The molecule has 76 valence electrons. The molecule has 0 saturated heterocycles. The van der Waals surface area contributed by atoms with Gasteiger partial charge in [0.25, 0.3) is 0 Å². The van der Waals surface area contributed by atoms with E-state index in [1.54, 1.807) is 6.07 Å². The molecule has 3 N–H and O–H groups in total. The van der Waals surface area contributed by atoms with Crippen LogP contribution in [0.1, 0.15) is 23.6 Å². The molecule has 0 spiro atoms. The summed E-state index contributed by atoms with van der Waals surface area (Å²) in [5.41, 5.74) is 6.43. The van der Waals surface area contributed by atoms with Crippen molar-refractivity contribution in [2.45, 2.75) is 19.1 Å². The van der Waals surface area contributed by atoms with E-state index < -0.39 is 5.82 Å². The molecular weight excluding hydrogens is 185 g/mol. The van der Waals surface area contributed by atoms with Crippen LogP contribution < -0.4 is 10.5 Å². The van der Waals surface area contributed by atoms with Gasteiger partial charge in [0.05, 0.1) is 13.2 Å². The average molecular weight is 197 g/mol. The summed E-state index contributed by atoms with van der Waals surface area (Å²) < 4.78 is 19.0. The average Bonchev–Trinajstić information content (AvgIpc) is 2.18. The number of rotatable bonds is 1. The first-order chi connectivity index (χ1) is 6.74. The molecule has 1 aliphatic heterocycles. The third-order valence-electron chi connectivity index (χ3n) is 2.45. The van der Waals surface area contributed by atoms with Crippen LogP contribution in [0.3, 0.4) is 0 Å². The highest BCUT2D eigenvalue weighted by Gasteiger charge is 2.23. The second kappa shape index (κ2) is 3.55. The van der Waals surface area contributed by atoms with Crippen LogP contribution in [0.4, 0.5) is 4.39 Å². The van der Waals surface area contributed by atoms with Crippen molar-refractivity contribution in [2.75, 3.05) is 6.61 Å². The number of ether oxygens (including phenoxy) is 1. The zero-order valence-electron chi connectivity index (χ0n) is 7.66. The molecule has 1 aromatic rings. The van der Waals surface area contributed by atoms with Crippen LogP contribution in [0.5, 0.6) is 5.75 Å². The van der Waals surface area contributed by atoms with E-state index in [0.29, 0.717) is 24.3 Å². The summed E-state index contributed by atoms with van der Waals surface area (Å²) in [5, 5.41) is 8.88. The van der Waals surface area contributed by atoms with Crippen molar-refractivity contribution < 1.29 is 14.2 Å². The molecule has 1 aromatic carbocycles. The second-order valence-electron chi connectivity index (χ2n) is 3.35. The molecule has 14 heavy (non-hydrogen) atoms. The first-order valence-electron chi connectivity index (χ1n) is 4.54. The molecule has 3 nitrogen and oxygen atoms in total. The highest BCUT2D eigenvalue weighted by atomic mass is 19.1. The number of aliphatic hydroxyl groups excluding tert-OH is 1. The molecule has 0 radical (unpaired) electrons. The number of fused-ring (bicyclic) bond motifs is 1. The third kappa shape index (κ3) is 1.36. The van der Waals surface area contributed by atoms with E-state index in [9.17, 15) is 4.39 Å². The summed E-state index contributed by atoms with van der Waals surface area (Å²) in [4.78, 5) is 0. The molecule has 1 heterocycles. The Morgan fingerprint density at radius 1 is 1.57 bits per heavy atom. The fourth-order valence-corrected chi connectivity index (χ4v) is 1.65. The summed E-state index contributed by atoms with van der Waals surface area (Å²) in [7, 11) is 0. The summed E-state index contributed by atoms with van der Waals surface area (Å²) in [6, 6.07) is 2.85. The minimum absolute atomic E-state index is 0.268. The Morgan fingerprint density at radius 3 is 3.07 bits per heavy atom. The predicted molar refractivity (Wildman–Crippen MR) is 49.4 cm³/mol. The highest BCUT2D eigenvalue weighted by molar-refractivity contribution is 5.41. The minimum Gasteiger partial charge on any atom is -0.493 e. The van der Waals surface area contributed by atoms with Crippen molar-refractivity contribution in [1.82, 2.24) is 0 Å². The van der Waals surface area contributed by atoms with Crippen LogP contribution in [0, 0.1) is 5.82 Å². The van der Waals surface area contributed by atoms with Gasteiger partial charge in [0, 0.05) is 23.6 Å². The molecule has 0 unspecified atom stereocenters. The predicted octanol–water partition coefficient (Wildman–Crippen LogP) is 1.10. The van der Waals surface area contributed by atoms with Gasteiger partial charge >= 0.3 is 0 Å². The Kier molecular flexibility index (Phi) is 2.39. The topological polar surface area (TPSA) is 55.5 Å². The summed E-state index contributed by atoms with van der Waals surface area (Å²) in [6.45, 7) is 0.206. The number of aliphatic hydroxyl groups is 1. The summed E-state index contributed by atoms with van der Waals surface area (Å²) >= 11 is 0. The van der Waals surface area contributed by atoms with Gasteiger partial charge in [0.2, 0.25) is 0 Å². The SMILES string of the molecule is N[C@H]1CCOc2ccc(CO)c(F)c21. The smallest absolute Gasteiger partial charge is 0.137 e. The Bertz CT molecular complexity index is 354. The molecule has 4 heteroatoms. The fraction of sp³-hybridized carbons (Fsp3) is 0.400. The molecule has 2 rings (SSSR count). The lowest BCUT2D eigenvalue weighted by Gasteiger charge is -2.24. The van der Waals surface area contributed by atoms with Crippen molar-refractivity contribution in [3.63, 3.8) is 0 Å². The van der Waals surface area contributed by atoms with E-state index in [-0.39, 0.29) is 18.2 Å². The zero-order valence-corrected chi connectivity index (χ0v) is 7.66. The van der Waals surface area contributed by atoms with Gasteiger partial charge < -0.3 is 15.6 Å². The van der Waals surface area contributed by atoms with Crippen molar-refractivity contribution in [3.8, 4) is 5.75 Å². The maximum atomic E-state index is 13.7. The van der Waals surface area contributed by atoms with Crippen LogP contribution in [0.25, 0.3) is 0 Å². The van der Waals surface area contributed by atoms with Gasteiger partial charge in [-0.3, -0.25) is 0 Å². The first-order valence-corrected chi connectivity index (χ1v) is 4.54. The van der Waals surface area contributed by atoms with Gasteiger partial charge in [-0.2, -0.15) is 0 Å². The lowest BCUT2D eigenvalue weighted by atomic mass is 9.98. The normalized spacial score (nSPS) is 20.1. The Balaban J connectivity index is 2.54. The molecule has 0 amide bonds. The first kappa shape index (κ1) is 9.43. The van der Waals surface area contributed by atoms with Crippen molar-refractivity contribution in [1.29, 1.82) is 0 Å². The standard InChI is InChI=1S/C10H12FNO2/c11-10-6(5-13)1-2-8-9(10)7(12)3-4-14-8/h1-2,7,13H,3-5,12H2/t7-/m0/s1. The molecule has 0 fully saturated rings. The molecule has 0 aromatic heterocycles. The van der Waals surface area contributed by atoms with E-state index in [0.717, 1.165) is 0 Å². The lowest BCUT2D eigenvalue weighted by Crippen LogP contribution is -2.22. The number of nitrogens with two attached hydrogens (primary N) is 1. The van der Waals surface area contributed by atoms with Crippen LogP contribution in [-0.4, -0.2) is 11.7 Å². The molecule has 0 aliphatic carbocycles. The van der Waals surface area contributed by atoms with Crippen molar-refractivity contribution in [2.24, 2.45) is 5.73 Å². The molecular formula is C10H12FNO2. The van der Waals surface area contributed by atoms with Gasteiger partial charge in [-0.15, -0.1) is 0 Å². The molecule has 0 saturated carbocycles. The van der Waals surface area contributed by atoms with E-state index in [1.807, 2.05) is 0 Å². The highest BCUT2D eigenvalue weighted by Crippen LogP contribution is 2.34. The zero-order chi connectivity index (χ0) is 10.1. The van der Waals surface area contributed by atoms with E-state index in [4.69, 9.17) is 15.6 Å². The number of hydrogen-bond donors (Lipinski definition) is 2. The van der Waals surface area contributed by atoms with E-state index in [2.05, 4.69) is 0 Å². The summed E-state index contributed by atoms with van der Waals surface area (Å²) in [6.07, 6.45) is 0.610. The van der Waals surface area contributed by atoms with E-state index >= 15 is 0 Å². The lowest BCUT2D eigenvalue weighted by molar-refractivity contribution is 0.255. The second-order valence-corrected chi connectivity index (χ2v) is 3.35. The maximum absolute atomic E-state index is 13.7. The Labute approximate surface area is 81.3 Å². The summed E-state index contributed by atoms with van der Waals surface area (Å²) in [5.74, 6) is 0.0654. The largest absolute Gasteiger partial charge is 0.493 e. The van der Waals surface area contributed by atoms with Crippen molar-refractivity contribution in [3.05, 3.63) is 29.1 Å². The van der Waals surface area contributed by atoms with Gasteiger partial charge in [0.1, 0.15) is 11.6 Å². The van der Waals surface area contributed by atoms with Crippen LogP contribution >= 0.6 is 0 Å².